The number of benzene rings is 1. The molecule has 6 nitrogen and oxygen atoms in total. The predicted octanol–water partition coefficient (Wildman–Crippen LogP) is 3.00. The molecule has 0 saturated heterocycles. The van der Waals surface area contributed by atoms with Gasteiger partial charge in [0, 0.05) is 36.3 Å². The van der Waals surface area contributed by atoms with E-state index in [-0.39, 0.29) is 0 Å². The number of aromatic nitrogens is 3. The predicted molar refractivity (Wildman–Crippen MR) is 96.4 cm³/mol. The Morgan fingerprint density at radius 2 is 1.80 bits per heavy atom. The van der Waals surface area contributed by atoms with E-state index >= 15 is 0 Å². The normalized spacial score (nSPS) is 11.8. The molecule has 0 aliphatic carbocycles. The first kappa shape index (κ1) is 16.9. The van der Waals surface area contributed by atoms with Crippen molar-refractivity contribution >= 4 is 5.82 Å². The van der Waals surface area contributed by atoms with Gasteiger partial charge < -0.3 is 15.2 Å². The van der Waals surface area contributed by atoms with Gasteiger partial charge in [-0.15, -0.1) is 0 Å². The lowest BCUT2D eigenvalue weighted by Crippen LogP contribution is -2.13. The maximum absolute atomic E-state index is 10.3. The molecule has 0 amide bonds. The molecule has 1 aromatic carbocycles. The fraction of sp³-hybridized carbons (Fsp3) is 0.211. The number of methoxy groups -OCH3 is 1. The SMILES string of the molecule is COc1ccc([C@@H](O)CNc2cc(C)nc(-c3ccncc3)n2)cc1. The van der Waals surface area contributed by atoms with E-state index in [1.54, 1.807) is 19.5 Å². The molecule has 0 aliphatic heterocycles. The van der Waals surface area contributed by atoms with Crippen molar-refractivity contribution in [2.45, 2.75) is 13.0 Å². The van der Waals surface area contributed by atoms with Crippen LogP contribution < -0.4 is 10.1 Å². The molecule has 0 bridgehead atoms. The quantitative estimate of drug-likeness (QED) is 0.720. The van der Waals surface area contributed by atoms with Crippen LogP contribution in [0.15, 0.2) is 54.9 Å². The maximum atomic E-state index is 10.3. The van der Waals surface area contributed by atoms with Crippen molar-refractivity contribution in [1.29, 1.82) is 0 Å². The van der Waals surface area contributed by atoms with Gasteiger partial charge in [-0.05, 0) is 36.8 Å². The number of aliphatic hydroxyl groups is 1. The van der Waals surface area contributed by atoms with Crippen LogP contribution >= 0.6 is 0 Å². The van der Waals surface area contributed by atoms with Crippen molar-refractivity contribution in [3.05, 3.63) is 66.1 Å². The smallest absolute Gasteiger partial charge is 0.161 e. The standard InChI is InChI=1S/C19H20N4O2/c1-13-11-18(23-19(22-13)15-7-9-20-10-8-15)21-12-17(24)14-3-5-16(25-2)6-4-14/h3-11,17,24H,12H2,1-2H3,(H,21,22,23)/t17-/m0/s1. The zero-order chi connectivity index (χ0) is 17.6. The van der Waals surface area contributed by atoms with Crippen molar-refractivity contribution in [1.82, 2.24) is 15.0 Å². The first-order chi connectivity index (χ1) is 12.2. The van der Waals surface area contributed by atoms with E-state index in [0.717, 1.165) is 22.6 Å². The van der Waals surface area contributed by atoms with Crippen molar-refractivity contribution in [2.24, 2.45) is 0 Å². The van der Waals surface area contributed by atoms with Crippen LogP contribution in [0.5, 0.6) is 5.75 Å². The van der Waals surface area contributed by atoms with Crippen molar-refractivity contribution in [3.63, 3.8) is 0 Å². The molecular weight excluding hydrogens is 316 g/mol. The second-order valence-corrected chi connectivity index (χ2v) is 5.62. The molecule has 6 heteroatoms. The van der Waals surface area contributed by atoms with Gasteiger partial charge in [-0.3, -0.25) is 4.98 Å². The molecule has 25 heavy (non-hydrogen) atoms. The van der Waals surface area contributed by atoms with Gasteiger partial charge in [-0.25, -0.2) is 9.97 Å². The largest absolute Gasteiger partial charge is 0.497 e. The summed E-state index contributed by atoms with van der Waals surface area (Å²) in [4.78, 5) is 13.0. The van der Waals surface area contributed by atoms with E-state index in [1.165, 1.54) is 0 Å². The number of aryl methyl sites for hydroxylation is 1. The van der Waals surface area contributed by atoms with Crippen LogP contribution in [0, 0.1) is 6.92 Å². The van der Waals surface area contributed by atoms with E-state index in [0.29, 0.717) is 18.2 Å². The summed E-state index contributed by atoms with van der Waals surface area (Å²) in [5.41, 5.74) is 2.56. The maximum Gasteiger partial charge on any atom is 0.161 e. The highest BCUT2D eigenvalue weighted by Gasteiger charge is 2.10. The summed E-state index contributed by atoms with van der Waals surface area (Å²) in [6.45, 7) is 2.26. The van der Waals surface area contributed by atoms with E-state index in [2.05, 4.69) is 20.3 Å². The minimum Gasteiger partial charge on any atom is -0.497 e. The van der Waals surface area contributed by atoms with Gasteiger partial charge in [0.15, 0.2) is 5.82 Å². The molecule has 0 radical (unpaired) electrons. The number of aliphatic hydroxyl groups excluding tert-OH is 1. The number of hydrogen-bond acceptors (Lipinski definition) is 6. The van der Waals surface area contributed by atoms with E-state index in [4.69, 9.17) is 4.74 Å². The molecule has 0 fully saturated rings. The molecule has 1 atom stereocenters. The van der Waals surface area contributed by atoms with Gasteiger partial charge in [-0.1, -0.05) is 12.1 Å². The highest BCUT2D eigenvalue weighted by atomic mass is 16.5. The highest BCUT2D eigenvalue weighted by molar-refractivity contribution is 5.56. The summed E-state index contributed by atoms with van der Waals surface area (Å²) in [7, 11) is 1.62. The first-order valence-electron chi connectivity index (χ1n) is 7.97. The number of nitrogens with one attached hydrogen (secondary N) is 1. The molecule has 2 heterocycles. The Labute approximate surface area is 146 Å². The minimum absolute atomic E-state index is 0.346. The van der Waals surface area contributed by atoms with Crippen LogP contribution in [0.2, 0.25) is 0 Å². The lowest BCUT2D eigenvalue weighted by Gasteiger charge is -2.14. The summed E-state index contributed by atoms with van der Waals surface area (Å²) in [6, 6.07) is 12.9. The van der Waals surface area contributed by atoms with Gasteiger partial charge in [0.1, 0.15) is 11.6 Å². The number of pyridine rings is 1. The Hall–Kier alpha value is -2.99. The van der Waals surface area contributed by atoms with Crippen LogP contribution in [0.25, 0.3) is 11.4 Å². The molecule has 2 aromatic heterocycles. The fourth-order valence-corrected chi connectivity index (χ4v) is 2.43. The summed E-state index contributed by atoms with van der Waals surface area (Å²) in [6.07, 6.45) is 2.77. The van der Waals surface area contributed by atoms with Gasteiger partial charge in [-0.2, -0.15) is 0 Å². The van der Waals surface area contributed by atoms with Gasteiger partial charge in [0.05, 0.1) is 13.2 Å². The van der Waals surface area contributed by atoms with Gasteiger partial charge in [0.2, 0.25) is 0 Å². The van der Waals surface area contributed by atoms with Gasteiger partial charge in [0.25, 0.3) is 0 Å². The summed E-state index contributed by atoms with van der Waals surface area (Å²) < 4.78 is 5.13. The number of hydrogen-bond donors (Lipinski definition) is 2. The van der Waals surface area contributed by atoms with Crippen molar-refractivity contribution in [2.75, 3.05) is 19.0 Å². The third-order valence-corrected chi connectivity index (χ3v) is 3.77. The number of nitrogens with zero attached hydrogens (tertiary/aromatic N) is 3. The second-order valence-electron chi connectivity index (χ2n) is 5.62. The second kappa shape index (κ2) is 7.72. The topological polar surface area (TPSA) is 80.2 Å². The zero-order valence-electron chi connectivity index (χ0n) is 14.2. The van der Waals surface area contributed by atoms with Crippen molar-refractivity contribution in [3.8, 4) is 17.1 Å². The molecule has 0 spiro atoms. The molecule has 0 unspecified atom stereocenters. The average molecular weight is 336 g/mol. The zero-order valence-corrected chi connectivity index (χ0v) is 14.2. The lowest BCUT2D eigenvalue weighted by molar-refractivity contribution is 0.191. The minimum atomic E-state index is -0.648. The Kier molecular flexibility index (Phi) is 5.20. The summed E-state index contributed by atoms with van der Waals surface area (Å²) in [5.74, 6) is 2.06. The average Bonchev–Trinajstić information content (AvgIpc) is 2.66. The molecule has 3 rings (SSSR count). The molecule has 0 aliphatic rings. The Morgan fingerprint density at radius 1 is 1.08 bits per heavy atom. The van der Waals surface area contributed by atoms with Crippen LogP contribution in [-0.2, 0) is 0 Å². The monoisotopic (exact) mass is 336 g/mol. The summed E-state index contributed by atoms with van der Waals surface area (Å²) >= 11 is 0. The van der Waals surface area contributed by atoms with E-state index in [1.807, 2.05) is 49.4 Å². The number of anilines is 1. The number of rotatable bonds is 6. The molecule has 2 N–H and O–H groups in total. The Balaban J connectivity index is 1.71. The molecule has 3 aromatic rings. The highest BCUT2D eigenvalue weighted by Crippen LogP contribution is 2.20. The Bertz CT molecular complexity index is 823. The molecule has 0 saturated carbocycles. The fourth-order valence-electron chi connectivity index (χ4n) is 2.43. The first-order valence-corrected chi connectivity index (χ1v) is 7.97. The third kappa shape index (κ3) is 4.30. The van der Waals surface area contributed by atoms with Gasteiger partial charge >= 0.3 is 0 Å². The van der Waals surface area contributed by atoms with Crippen LogP contribution in [0.1, 0.15) is 17.4 Å². The van der Waals surface area contributed by atoms with Crippen LogP contribution in [-0.4, -0.2) is 33.7 Å². The third-order valence-electron chi connectivity index (χ3n) is 3.77. The van der Waals surface area contributed by atoms with Crippen LogP contribution in [0.4, 0.5) is 5.82 Å². The van der Waals surface area contributed by atoms with E-state index < -0.39 is 6.10 Å². The molecular formula is C19H20N4O2. The molecule has 128 valence electrons. The number of ether oxygens (including phenoxy) is 1. The lowest BCUT2D eigenvalue weighted by atomic mass is 10.1. The summed E-state index contributed by atoms with van der Waals surface area (Å²) in [5, 5.41) is 13.5. The van der Waals surface area contributed by atoms with Crippen LogP contribution in [0.3, 0.4) is 0 Å². The van der Waals surface area contributed by atoms with E-state index in [9.17, 15) is 5.11 Å². The van der Waals surface area contributed by atoms with Crippen molar-refractivity contribution < 1.29 is 9.84 Å². The Morgan fingerprint density at radius 3 is 2.48 bits per heavy atom.